The summed E-state index contributed by atoms with van der Waals surface area (Å²) in [7, 11) is 0. The molecule has 460 valence electrons. The Balaban J connectivity index is 0.000000229. The second-order valence-electron chi connectivity index (χ2n) is 31.4. The molecule has 0 saturated carbocycles. The average molecular weight is 1170 g/mol. The molecule has 0 atom stereocenters. The Labute approximate surface area is 535 Å². The van der Waals surface area contributed by atoms with E-state index in [1.165, 1.54) is 116 Å². The summed E-state index contributed by atoms with van der Waals surface area (Å²) in [4.78, 5) is 0. The van der Waals surface area contributed by atoms with Crippen molar-refractivity contribution in [1.29, 1.82) is 0 Å². The number of allylic oxidation sites excluding steroid dienone is 6. The van der Waals surface area contributed by atoms with Gasteiger partial charge in [-0.05, 0) is 154 Å². The lowest BCUT2D eigenvalue weighted by Gasteiger charge is -2.29. The second kappa shape index (κ2) is 27.3. The number of para-hydroxylation sites is 2. The third-order valence-electron chi connectivity index (χ3n) is 17.7. The van der Waals surface area contributed by atoms with E-state index in [1.54, 1.807) is 0 Å². The SMILES string of the molecule is C/C=C/C(=C\C(C)=C(/Cc1ccc(C(C)(C)C)cc1)B(c1cc(C(C)(C)C)ccc1C)c1cc(C(C)(C)C)ccc1C)Cc1ccccc1.Cc1ccc(C(C)(C)C)cc1-c1ccc(C(C)(C)C)cc1.Cc1cccc2c1oc1c(C(C)(C)C)cccc12. The summed E-state index contributed by atoms with van der Waals surface area (Å²) in [6.07, 6.45) is 8.71. The van der Waals surface area contributed by atoms with Crippen molar-refractivity contribution in [3.63, 3.8) is 0 Å². The van der Waals surface area contributed by atoms with Gasteiger partial charge in [-0.25, -0.2) is 0 Å². The first-order valence-electron chi connectivity index (χ1n) is 32.5. The van der Waals surface area contributed by atoms with Crippen molar-refractivity contribution in [3.8, 4) is 11.1 Å². The third-order valence-corrected chi connectivity index (χ3v) is 17.7. The molecule has 0 saturated heterocycles. The predicted octanol–water partition coefficient (Wildman–Crippen LogP) is 23.1. The minimum Gasteiger partial charge on any atom is -0.455 e. The Hall–Kier alpha value is -7.16. The van der Waals surface area contributed by atoms with Crippen molar-refractivity contribution in [3.05, 3.63) is 271 Å². The summed E-state index contributed by atoms with van der Waals surface area (Å²) in [6.45, 7) is 54.6. The second-order valence-corrected chi connectivity index (χ2v) is 31.4. The first-order chi connectivity index (χ1) is 40.9. The molecule has 0 N–H and O–H groups in total. The molecule has 0 bridgehead atoms. The van der Waals surface area contributed by atoms with Crippen LogP contribution in [0.5, 0.6) is 0 Å². The fraction of sp³-hybridized carbons (Fsp3) is 0.372. The molecular weight excluding hydrogens is 1060 g/mol. The van der Waals surface area contributed by atoms with Crippen LogP contribution in [0.1, 0.15) is 205 Å². The number of rotatable bonds is 10. The van der Waals surface area contributed by atoms with Gasteiger partial charge in [0, 0.05) is 16.3 Å². The zero-order chi connectivity index (χ0) is 64.9. The van der Waals surface area contributed by atoms with Gasteiger partial charge in [-0.2, -0.15) is 0 Å². The van der Waals surface area contributed by atoms with E-state index in [4.69, 9.17) is 4.42 Å². The molecule has 0 aliphatic heterocycles. The number of benzene rings is 8. The molecule has 2 heteroatoms. The van der Waals surface area contributed by atoms with Crippen LogP contribution in [0, 0.1) is 27.7 Å². The van der Waals surface area contributed by atoms with Crippen LogP contribution in [0.25, 0.3) is 33.1 Å². The van der Waals surface area contributed by atoms with Gasteiger partial charge in [-0.1, -0.05) is 346 Å². The van der Waals surface area contributed by atoms with Gasteiger partial charge in [0.25, 0.3) is 0 Å². The summed E-state index contributed by atoms with van der Waals surface area (Å²) in [5.74, 6) is 0. The molecule has 0 aliphatic carbocycles. The van der Waals surface area contributed by atoms with E-state index in [0.717, 1.165) is 24.0 Å². The first-order valence-corrected chi connectivity index (χ1v) is 32.5. The van der Waals surface area contributed by atoms with Crippen molar-refractivity contribution < 1.29 is 4.42 Å². The average Bonchev–Trinajstić information content (AvgIpc) is 1.21. The molecule has 9 rings (SSSR count). The standard InChI is InChI=1S/C48H61B.C21H28.C17H18O/c1-14-18-39(30-37-19-16-15-17-20-37)29-36(4)43(31-38-23-27-40(28-24-38)46(5,6)7)49(44-32-41(47(8,9)10)25-21-34(44)2)45-33-42(48(11,12)13)26-22-35(45)3;1-15-8-11-18(21(5,6)7)14-19(15)16-9-12-17(13-10-16)20(2,3)4;1-11-7-5-8-12-13-9-6-10-14(17(2,3)4)16(13)18-15(11)12/h14-29,32-33H,30-31H2,1-13H3;8-14H,1-7H3;5-10H,1-4H3/b18-14+,39-29+,43-36+;;. The highest BCUT2D eigenvalue weighted by molar-refractivity contribution is 6.91. The van der Waals surface area contributed by atoms with Crippen LogP contribution in [0.15, 0.2) is 209 Å². The number of fused-ring (bicyclic) bond motifs is 3. The molecule has 0 aliphatic rings. The Morgan fingerprint density at radius 2 is 0.830 bits per heavy atom. The van der Waals surface area contributed by atoms with Gasteiger partial charge in [0.1, 0.15) is 11.2 Å². The van der Waals surface area contributed by atoms with E-state index in [-0.39, 0.29) is 39.2 Å². The maximum Gasteiger partial charge on any atom is 0.238 e. The van der Waals surface area contributed by atoms with Crippen LogP contribution in [0.4, 0.5) is 0 Å². The van der Waals surface area contributed by atoms with Gasteiger partial charge in [0.05, 0.1) is 0 Å². The Morgan fingerprint density at radius 1 is 0.398 bits per heavy atom. The highest BCUT2D eigenvalue weighted by atomic mass is 16.3. The Bertz CT molecular complexity index is 3860. The molecule has 0 amide bonds. The van der Waals surface area contributed by atoms with E-state index < -0.39 is 0 Å². The smallest absolute Gasteiger partial charge is 0.238 e. The maximum atomic E-state index is 6.14. The number of aryl methyl sites for hydroxylation is 4. The molecule has 88 heavy (non-hydrogen) atoms. The normalized spacial score (nSPS) is 13.1. The van der Waals surface area contributed by atoms with Crippen LogP contribution >= 0.6 is 0 Å². The summed E-state index contributed by atoms with van der Waals surface area (Å²) in [5, 5.41) is 2.44. The van der Waals surface area contributed by atoms with E-state index >= 15 is 0 Å². The van der Waals surface area contributed by atoms with Crippen LogP contribution in [-0.4, -0.2) is 6.71 Å². The predicted molar refractivity (Wildman–Crippen MR) is 391 cm³/mol. The topological polar surface area (TPSA) is 13.1 Å². The zero-order valence-corrected chi connectivity index (χ0v) is 58.8. The van der Waals surface area contributed by atoms with Crippen LogP contribution in [-0.2, 0) is 45.3 Å². The van der Waals surface area contributed by atoms with Gasteiger partial charge in [0.15, 0.2) is 0 Å². The lowest BCUT2D eigenvalue weighted by molar-refractivity contribution is 0.572. The van der Waals surface area contributed by atoms with Crippen molar-refractivity contribution >= 4 is 39.6 Å². The molecule has 9 aromatic rings. The number of hydrogen-bond donors (Lipinski definition) is 0. The highest BCUT2D eigenvalue weighted by Crippen LogP contribution is 2.38. The number of furan rings is 1. The van der Waals surface area contributed by atoms with Gasteiger partial charge in [0.2, 0.25) is 6.71 Å². The lowest BCUT2D eigenvalue weighted by Crippen LogP contribution is -2.48. The van der Waals surface area contributed by atoms with Crippen molar-refractivity contribution in [2.24, 2.45) is 0 Å². The maximum absolute atomic E-state index is 6.14. The molecule has 0 spiro atoms. The largest absolute Gasteiger partial charge is 0.455 e. The van der Waals surface area contributed by atoms with Crippen LogP contribution < -0.4 is 10.9 Å². The third kappa shape index (κ3) is 17.2. The van der Waals surface area contributed by atoms with E-state index in [9.17, 15) is 0 Å². The molecule has 0 radical (unpaired) electrons. The zero-order valence-electron chi connectivity index (χ0n) is 58.8. The van der Waals surface area contributed by atoms with Gasteiger partial charge in [-0.15, -0.1) is 0 Å². The van der Waals surface area contributed by atoms with Crippen molar-refractivity contribution in [2.45, 2.75) is 212 Å². The molecule has 1 aromatic heterocycles. The van der Waals surface area contributed by atoms with Crippen LogP contribution in [0.3, 0.4) is 0 Å². The molecule has 1 heterocycles. The lowest BCUT2D eigenvalue weighted by atomic mass is 9.33. The van der Waals surface area contributed by atoms with Gasteiger partial charge < -0.3 is 4.42 Å². The highest BCUT2D eigenvalue weighted by Gasteiger charge is 2.32. The quantitative estimate of drug-likeness (QED) is 0.0983. The van der Waals surface area contributed by atoms with Crippen molar-refractivity contribution in [1.82, 2.24) is 0 Å². The minimum absolute atomic E-state index is 0.0473. The Kier molecular flexibility index (Phi) is 21.2. The summed E-state index contributed by atoms with van der Waals surface area (Å²) >= 11 is 0. The molecule has 8 aromatic carbocycles. The Morgan fingerprint density at radius 3 is 1.31 bits per heavy atom. The molecular formula is C86H107BO. The molecule has 0 unspecified atom stereocenters. The van der Waals surface area contributed by atoms with Gasteiger partial charge >= 0.3 is 0 Å². The summed E-state index contributed by atoms with van der Waals surface area (Å²) < 4.78 is 6.14. The monoisotopic (exact) mass is 1170 g/mol. The van der Waals surface area contributed by atoms with E-state index in [2.05, 4.69) is 354 Å². The minimum atomic E-state index is 0.0473. The first kappa shape index (κ1) is 68.3. The fourth-order valence-electron chi connectivity index (χ4n) is 11.9. The van der Waals surface area contributed by atoms with Crippen LogP contribution in [0.2, 0.25) is 0 Å². The summed E-state index contributed by atoms with van der Waals surface area (Å²) in [6, 6.07) is 63.3. The van der Waals surface area contributed by atoms with E-state index in [0.29, 0.717) is 0 Å². The van der Waals surface area contributed by atoms with Crippen molar-refractivity contribution in [2.75, 3.05) is 0 Å². The summed E-state index contributed by atoms with van der Waals surface area (Å²) in [5.41, 5.74) is 28.5. The number of hydrogen-bond acceptors (Lipinski definition) is 1. The fourth-order valence-corrected chi connectivity index (χ4v) is 11.9. The molecule has 1 nitrogen and oxygen atoms in total. The van der Waals surface area contributed by atoms with Gasteiger partial charge in [-0.3, -0.25) is 0 Å². The van der Waals surface area contributed by atoms with E-state index in [1.807, 2.05) is 0 Å². The molecule has 0 fully saturated rings.